The molecule has 1 aliphatic heterocycles. The monoisotopic (exact) mass is 398 g/mol. The minimum atomic E-state index is -3.71. The van der Waals surface area contributed by atoms with Crippen LogP contribution in [0.5, 0.6) is 0 Å². The van der Waals surface area contributed by atoms with Gasteiger partial charge in [0.05, 0.1) is 5.02 Å². The Kier molecular flexibility index (Phi) is 5.65. The molecule has 1 saturated heterocycles. The van der Waals surface area contributed by atoms with E-state index in [1.807, 2.05) is 7.05 Å². The lowest BCUT2D eigenvalue weighted by molar-refractivity contribution is 0.270. The molecule has 21 heavy (non-hydrogen) atoms. The Bertz CT molecular complexity index is 596. The van der Waals surface area contributed by atoms with Gasteiger partial charge in [0, 0.05) is 17.6 Å². The molecule has 118 valence electrons. The van der Waals surface area contributed by atoms with Gasteiger partial charge in [0.1, 0.15) is 10.7 Å². The fourth-order valence-corrected chi connectivity index (χ4v) is 5.77. The summed E-state index contributed by atoms with van der Waals surface area (Å²) in [6, 6.07) is 2.14. The van der Waals surface area contributed by atoms with Crippen LogP contribution in [0.3, 0.4) is 0 Å². The van der Waals surface area contributed by atoms with Crippen LogP contribution in [0.1, 0.15) is 12.8 Å². The van der Waals surface area contributed by atoms with E-state index >= 15 is 0 Å². The van der Waals surface area contributed by atoms with Crippen LogP contribution in [0.4, 0.5) is 4.39 Å². The molecular weight excluding hydrogens is 383 g/mol. The number of hydrogen-bond acceptors (Lipinski definition) is 3. The van der Waals surface area contributed by atoms with Crippen LogP contribution < -0.4 is 5.32 Å². The highest BCUT2D eigenvalue weighted by Gasteiger charge is 2.32. The highest BCUT2D eigenvalue weighted by molar-refractivity contribution is 9.10. The van der Waals surface area contributed by atoms with E-state index in [0.29, 0.717) is 19.0 Å². The predicted octanol–water partition coefficient (Wildman–Crippen LogP) is 2.86. The molecule has 0 aliphatic carbocycles. The van der Waals surface area contributed by atoms with Crippen molar-refractivity contribution in [1.82, 2.24) is 9.62 Å². The van der Waals surface area contributed by atoms with Crippen molar-refractivity contribution in [3.8, 4) is 0 Å². The predicted molar refractivity (Wildman–Crippen MR) is 84.5 cm³/mol. The van der Waals surface area contributed by atoms with Crippen molar-refractivity contribution in [2.45, 2.75) is 17.7 Å². The third kappa shape index (κ3) is 3.76. The van der Waals surface area contributed by atoms with Crippen LogP contribution in [0.15, 0.2) is 21.5 Å². The number of rotatable bonds is 4. The number of benzene rings is 1. The molecule has 0 aromatic heterocycles. The molecule has 1 aliphatic rings. The molecule has 0 amide bonds. The quantitative estimate of drug-likeness (QED) is 0.847. The summed E-state index contributed by atoms with van der Waals surface area (Å²) in [4.78, 5) is -0.0577. The summed E-state index contributed by atoms with van der Waals surface area (Å²) in [5.41, 5.74) is 0. The van der Waals surface area contributed by atoms with Gasteiger partial charge in [-0.1, -0.05) is 11.6 Å². The van der Waals surface area contributed by atoms with E-state index in [4.69, 9.17) is 11.6 Å². The molecule has 0 saturated carbocycles. The number of piperidine rings is 1. The number of hydrogen-bond donors (Lipinski definition) is 1. The maximum absolute atomic E-state index is 13.2. The van der Waals surface area contributed by atoms with Crippen molar-refractivity contribution in [3.63, 3.8) is 0 Å². The van der Waals surface area contributed by atoms with Crippen molar-refractivity contribution < 1.29 is 12.8 Å². The van der Waals surface area contributed by atoms with Gasteiger partial charge in [-0.25, -0.2) is 12.8 Å². The molecule has 1 aromatic carbocycles. The van der Waals surface area contributed by atoms with Gasteiger partial charge in [0.25, 0.3) is 0 Å². The molecule has 2 rings (SSSR count). The number of halogens is 3. The van der Waals surface area contributed by atoms with Crippen molar-refractivity contribution in [3.05, 3.63) is 27.4 Å². The zero-order chi connectivity index (χ0) is 15.6. The van der Waals surface area contributed by atoms with Gasteiger partial charge in [0.2, 0.25) is 10.0 Å². The molecule has 0 bridgehead atoms. The van der Waals surface area contributed by atoms with E-state index in [9.17, 15) is 12.8 Å². The van der Waals surface area contributed by atoms with E-state index in [1.54, 1.807) is 0 Å². The fraction of sp³-hybridized carbons (Fsp3) is 0.538. The Morgan fingerprint density at radius 1 is 1.43 bits per heavy atom. The third-order valence-electron chi connectivity index (χ3n) is 3.63. The molecule has 1 fully saturated rings. The third-order valence-corrected chi connectivity index (χ3v) is 6.93. The van der Waals surface area contributed by atoms with Crippen molar-refractivity contribution in [2.24, 2.45) is 5.92 Å². The normalized spacial score (nSPS) is 18.1. The number of nitrogens with zero attached hydrogens (tertiary/aromatic N) is 1. The van der Waals surface area contributed by atoms with Crippen molar-refractivity contribution in [1.29, 1.82) is 0 Å². The van der Waals surface area contributed by atoms with Crippen LogP contribution in [0.2, 0.25) is 5.02 Å². The standard InChI is InChI=1S/C13H17BrClFN2O2S/c1-17-8-9-2-4-18(5-3-9)21(19,20)13-11(14)6-10(16)7-12(13)15/h6-7,9,17H,2-5,8H2,1H3. The second-order valence-corrected chi connectivity index (χ2v) is 8.24. The van der Waals surface area contributed by atoms with Crippen LogP contribution in [0.25, 0.3) is 0 Å². The van der Waals surface area contributed by atoms with E-state index in [2.05, 4.69) is 21.2 Å². The van der Waals surface area contributed by atoms with Gasteiger partial charge in [-0.3, -0.25) is 0 Å². The van der Waals surface area contributed by atoms with Gasteiger partial charge in [-0.05, 0) is 60.4 Å². The van der Waals surface area contributed by atoms with Crippen molar-refractivity contribution in [2.75, 3.05) is 26.7 Å². The van der Waals surface area contributed by atoms with Crippen LogP contribution in [-0.4, -0.2) is 39.4 Å². The fourth-order valence-electron chi connectivity index (χ4n) is 2.55. The van der Waals surface area contributed by atoms with Gasteiger partial charge in [-0.2, -0.15) is 4.31 Å². The first-order chi connectivity index (χ1) is 9.86. The van der Waals surface area contributed by atoms with Gasteiger partial charge < -0.3 is 5.32 Å². The zero-order valence-electron chi connectivity index (χ0n) is 11.6. The summed E-state index contributed by atoms with van der Waals surface area (Å²) < 4.78 is 40.2. The van der Waals surface area contributed by atoms with Gasteiger partial charge in [-0.15, -0.1) is 0 Å². The molecule has 1 aromatic rings. The molecule has 0 radical (unpaired) electrons. The summed E-state index contributed by atoms with van der Waals surface area (Å²) >= 11 is 9.03. The summed E-state index contributed by atoms with van der Waals surface area (Å²) in [6.07, 6.45) is 1.60. The van der Waals surface area contributed by atoms with E-state index < -0.39 is 15.8 Å². The highest BCUT2D eigenvalue weighted by atomic mass is 79.9. The molecule has 1 N–H and O–H groups in total. The zero-order valence-corrected chi connectivity index (χ0v) is 14.7. The highest BCUT2D eigenvalue weighted by Crippen LogP contribution is 2.34. The van der Waals surface area contributed by atoms with Gasteiger partial charge >= 0.3 is 0 Å². The smallest absolute Gasteiger partial charge is 0.245 e. The minimum Gasteiger partial charge on any atom is -0.319 e. The largest absolute Gasteiger partial charge is 0.319 e. The Morgan fingerprint density at radius 2 is 2.05 bits per heavy atom. The average Bonchev–Trinajstić information content (AvgIpc) is 2.38. The summed E-state index contributed by atoms with van der Waals surface area (Å²) in [6.45, 7) is 1.79. The SMILES string of the molecule is CNCC1CCN(S(=O)(=O)c2c(Cl)cc(F)cc2Br)CC1. The van der Waals surface area contributed by atoms with Crippen LogP contribution in [0, 0.1) is 11.7 Å². The van der Waals surface area contributed by atoms with E-state index in [-0.39, 0.29) is 14.4 Å². The first-order valence-electron chi connectivity index (χ1n) is 6.65. The van der Waals surface area contributed by atoms with Crippen LogP contribution >= 0.6 is 27.5 Å². The first kappa shape index (κ1) is 17.1. The maximum Gasteiger partial charge on any atom is 0.245 e. The minimum absolute atomic E-state index is 0.0577. The second kappa shape index (κ2) is 6.91. The van der Waals surface area contributed by atoms with Crippen LogP contribution in [-0.2, 0) is 10.0 Å². The Balaban J connectivity index is 2.24. The maximum atomic E-state index is 13.2. The van der Waals surface area contributed by atoms with Crippen molar-refractivity contribution >= 4 is 37.6 Å². The number of sulfonamides is 1. The Morgan fingerprint density at radius 3 is 2.57 bits per heavy atom. The van der Waals surface area contributed by atoms with E-state index in [0.717, 1.165) is 31.5 Å². The van der Waals surface area contributed by atoms with E-state index in [1.165, 1.54) is 4.31 Å². The lowest BCUT2D eigenvalue weighted by Gasteiger charge is -2.31. The summed E-state index contributed by atoms with van der Waals surface area (Å²) in [7, 11) is -1.82. The molecule has 0 spiro atoms. The average molecular weight is 400 g/mol. The molecule has 0 atom stereocenters. The lowest BCUT2D eigenvalue weighted by atomic mass is 9.98. The molecule has 8 heteroatoms. The topological polar surface area (TPSA) is 49.4 Å². The molecule has 4 nitrogen and oxygen atoms in total. The summed E-state index contributed by atoms with van der Waals surface area (Å²) in [5.74, 6) is -0.0906. The first-order valence-corrected chi connectivity index (χ1v) is 9.26. The van der Waals surface area contributed by atoms with Gasteiger partial charge in [0.15, 0.2) is 0 Å². The molecule has 1 heterocycles. The Hall–Kier alpha value is -0.210. The molecular formula is C13H17BrClFN2O2S. The summed E-state index contributed by atoms with van der Waals surface area (Å²) in [5, 5.41) is 3.01. The Labute approximate surface area is 137 Å². The second-order valence-electron chi connectivity index (χ2n) is 5.10. The molecule has 0 unspecified atom stereocenters. The lowest BCUT2D eigenvalue weighted by Crippen LogP contribution is -2.40. The number of nitrogens with one attached hydrogen (secondary N) is 1.